The standard InChI is InChI=1S/C25H31F3N2O5S.ClH/c1-35-18-17-30-15-13-24(14-16-30,23(31)29-32)36(33,34)22-10-8-21(9-11-22)20-6-4-19(5-7-20)3-2-12-25(26,27)28;/h4-11,32H,2-3,12-18H2,1H3,(H,29,31);1H. The number of nitrogens with zero attached hydrogens (tertiary/aromatic N) is 1. The molecular formula is C25H32ClF3N2O5S. The van der Waals surface area contributed by atoms with Gasteiger partial charge in [-0.15, -0.1) is 12.4 Å². The SMILES string of the molecule is COCCN1CCC(C(=O)NO)(S(=O)(=O)c2ccc(-c3ccc(CCCC(F)(F)F)cc3)cc2)CC1.Cl. The number of piperidine rings is 1. The Hall–Kier alpha value is -2.18. The number of nitrogens with one attached hydrogen (secondary N) is 1. The molecule has 3 rings (SSSR count). The lowest BCUT2D eigenvalue weighted by Crippen LogP contribution is -2.58. The first-order valence-corrected chi connectivity index (χ1v) is 13.2. The number of halogens is 4. The van der Waals surface area contributed by atoms with Crippen molar-refractivity contribution in [3.05, 3.63) is 54.1 Å². The fraction of sp³-hybridized carbons (Fsp3) is 0.480. The predicted octanol–water partition coefficient (Wildman–Crippen LogP) is 4.42. The molecule has 2 aromatic carbocycles. The van der Waals surface area contributed by atoms with Gasteiger partial charge in [0, 0.05) is 33.2 Å². The molecule has 2 aromatic rings. The van der Waals surface area contributed by atoms with Gasteiger partial charge in [-0.3, -0.25) is 10.0 Å². The molecule has 1 aliphatic rings. The summed E-state index contributed by atoms with van der Waals surface area (Å²) in [5, 5.41) is 9.33. The molecule has 37 heavy (non-hydrogen) atoms. The summed E-state index contributed by atoms with van der Waals surface area (Å²) in [7, 11) is -2.55. The van der Waals surface area contributed by atoms with Gasteiger partial charge >= 0.3 is 6.18 Å². The summed E-state index contributed by atoms with van der Waals surface area (Å²) in [6.07, 6.45) is -4.60. The highest BCUT2D eigenvalue weighted by Crippen LogP contribution is 2.36. The summed E-state index contributed by atoms with van der Waals surface area (Å²) in [6, 6.07) is 13.2. The van der Waals surface area contributed by atoms with Crippen LogP contribution in [-0.4, -0.2) is 68.7 Å². The third-order valence-electron chi connectivity index (χ3n) is 6.68. The number of hydroxylamine groups is 1. The highest BCUT2D eigenvalue weighted by atomic mass is 35.5. The first-order chi connectivity index (χ1) is 17.0. The van der Waals surface area contributed by atoms with E-state index >= 15 is 0 Å². The van der Waals surface area contributed by atoms with E-state index in [1.54, 1.807) is 49.0 Å². The molecule has 7 nitrogen and oxygen atoms in total. The Balaban J connectivity index is 0.00000481. The Morgan fingerprint density at radius 3 is 2.08 bits per heavy atom. The van der Waals surface area contributed by atoms with Gasteiger partial charge in [0.2, 0.25) is 0 Å². The van der Waals surface area contributed by atoms with Crippen molar-refractivity contribution in [3.8, 4) is 11.1 Å². The van der Waals surface area contributed by atoms with Gasteiger partial charge < -0.3 is 9.64 Å². The van der Waals surface area contributed by atoms with Gasteiger partial charge in [0.15, 0.2) is 14.6 Å². The molecule has 2 N–H and O–H groups in total. The van der Waals surface area contributed by atoms with Crippen molar-refractivity contribution in [1.82, 2.24) is 10.4 Å². The van der Waals surface area contributed by atoms with Crippen LogP contribution in [0, 0.1) is 0 Å². The van der Waals surface area contributed by atoms with Crippen LogP contribution in [0.3, 0.4) is 0 Å². The van der Waals surface area contributed by atoms with E-state index < -0.39 is 33.1 Å². The number of likely N-dealkylation sites (tertiary alicyclic amines) is 1. The van der Waals surface area contributed by atoms with Gasteiger partial charge in [-0.1, -0.05) is 36.4 Å². The van der Waals surface area contributed by atoms with E-state index in [4.69, 9.17) is 4.74 Å². The third-order valence-corrected chi connectivity index (χ3v) is 9.20. The Kier molecular flexibility index (Phi) is 11.0. The first kappa shape index (κ1) is 31.0. The van der Waals surface area contributed by atoms with Crippen LogP contribution >= 0.6 is 12.4 Å². The predicted molar refractivity (Wildman–Crippen MR) is 136 cm³/mol. The first-order valence-electron chi connectivity index (χ1n) is 11.7. The van der Waals surface area contributed by atoms with Crippen LogP contribution in [-0.2, 0) is 25.8 Å². The number of amides is 1. The van der Waals surface area contributed by atoms with Crippen LogP contribution in [0.25, 0.3) is 11.1 Å². The molecule has 1 amide bonds. The monoisotopic (exact) mass is 564 g/mol. The van der Waals surface area contributed by atoms with Crippen LogP contribution < -0.4 is 5.48 Å². The zero-order chi connectivity index (χ0) is 26.4. The number of sulfone groups is 1. The fourth-order valence-electron chi connectivity index (χ4n) is 4.49. The number of hydrogen-bond acceptors (Lipinski definition) is 6. The third kappa shape index (κ3) is 7.44. The molecule has 1 fully saturated rings. The van der Waals surface area contributed by atoms with E-state index in [1.165, 1.54) is 12.1 Å². The molecule has 0 spiro atoms. The number of carbonyl (C=O) groups excluding carboxylic acids is 1. The molecule has 0 unspecified atom stereocenters. The van der Waals surface area contributed by atoms with E-state index in [2.05, 4.69) is 0 Å². The van der Waals surface area contributed by atoms with E-state index in [9.17, 15) is 31.6 Å². The fourth-order valence-corrected chi connectivity index (χ4v) is 6.44. The molecule has 0 aliphatic carbocycles. The highest BCUT2D eigenvalue weighted by Gasteiger charge is 2.52. The lowest BCUT2D eigenvalue weighted by Gasteiger charge is -2.39. The van der Waals surface area contributed by atoms with Crippen LogP contribution in [0.2, 0.25) is 0 Å². The zero-order valence-corrected chi connectivity index (χ0v) is 22.1. The van der Waals surface area contributed by atoms with Gasteiger partial charge in [-0.2, -0.15) is 13.2 Å². The number of alkyl halides is 3. The van der Waals surface area contributed by atoms with Gasteiger partial charge in [0.25, 0.3) is 5.91 Å². The van der Waals surface area contributed by atoms with E-state index in [0.29, 0.717) is 32.7 Å². The lowest BCUT2D eigenvalue weighted by atomic mass is 9.95. The molecule has 1 saturated heterocycles. The molecule has 1 heterocycles. The summed E-state index contributed by atoms with van der Waals surface area (Å²) in [6.45, 7) is 1.83. The molecular weight excluding hydrogens is 533 g/mol. The number of ether oxygens (including phenoxy) is 1. The number of rotatable bonds is 10. The maximum Gasteiger partial charge on any atom is 0.389 e. The van der Waals surface area contributed by atoms with Gasteiger partial charge in [-0.05, 0) is 54.5 Å². The molecule has 12 heteroatoms. The molecule has 1 aliphatic heterocycles. The minimum absolute atomic E-state index is 0. The van der Waals surface area contributed by atoms with Crippen molar-refractivity contribution in [1.29, 1.82) is 0 Å². The largest absolute Gasteiger partial charge is 0.389 e. The molecule has 0 atom stereocenters. The molecule has 0 radical (unpaired) electrons. The van der Waals surface area contributed by atoms with Gasteiger partial charge in [0.05, 0.1) is 11.5 Å². The number of methoxy groups -OCH3 is 1. The highest BCUT2D eigenvalue weighted by molar-refractivity contribution is 7.93. The lowest BCUT2D eigenvalue weighted by molar-refractivity contribution is -0.135. The number of aryl methyl sites for hydroxylation is 1. The molecule has 0 bridgehead atoms. The zero-order valence-electron chi connectivity index (χ0n) is 20.5. The summed E-state index contributed by atoms with van der Waals surface area (Å²) in [4.78, 5) is 14.6. The second-order valence-electron chi connectivity index (χ2n) is 8.96. The molecule has 206 valence electrons. The average Bonchev–Trinajstić information content (AvgIpc) is 2.87. The Bertz CT molecular complexity index is 1120. The van der Waals surface area contributed by atoms with Crippen molar-refractivity contribution < 1.29 is 36.3 Å². The van der Waals surface area contributed by atoms with Crippen molar-refractivity contribution in [3.63, 3.8) is 0 Å². The van der Waals surface area contributed by atoms with Crippen LogP contribution in [0.4, 0.5) is 13.2 Å². The van der Waals surface area contributed by atoms with Crippen LogP contribution in [0.15, 0.2) is 53.4 Å². The number of hydrogen-bond donors (Lipinski definition) is 2. The van der Waals surface area contributed by atoms with Crippen molar-refractivity contribution in [2.45, 2.75) is 47.9 Å². The summed E-state index contributed by atoms with van der Waals surface area (Å²) in [5.74, 6) is -0.945. The maximum absolute atomic E-state index is 13.6. The second-order valence-corrected chi connectivity index (χ2v) is 11.2. The van der Waals surface area contributed by atoms with E-state index in [1.807, 2.05) is 4.90 Å². The smallest absolute Gasteiger partial charge is 0.383 e. The van der Waals surface area contributed by atoms with Gasteiger partial charge in [0.1, 0.15) is 0 Å². The number of carbonyl (C=O) groups is 1. The van der Waals surface area contributed by atoms with E-state index in [0.717, 1.165) is 16.7 Å². The molecule has 0 saturated carbocycles. The minimum Gasteiger partial charge on any atom is -0.383 e. The summed E-state index contributed by atoms with van der Waals surface area (Å²) >= 11 is 0. The quantitative estimate of drug-likeness (QED) is 0.328. The summed E-state index contributed by atoms with van der Waals surface area (Å²) in [5.41, 5.74) is 3.85. The maximum atomic E-state index is 13.6. The van der Waals surface area contributed by atoms with Crippen molar-refractivity contribution in [2.75, 3.05) is 33.4 Å². The van der Waals surface area contributed by atoms with Crippen molar-refractivity contribution >= 4 is 28.2 Å². The Labute approximate surface area is 221 Å². The van der Waals surface area contributed by atoms with Crippen LogP contribution in [0.5, 0.6) is 0 Å². The molecule has 0 aromatic heterocycles. The number of benzene rings is 2. The topological polar surface area (TPSA) is 95.9 Å². The normalized spacial score (nSPS) is 16.1. The minimum atomic E-state index is -4.17. The van der Waals surface area contributed by atoms with Crippen LogP contribution in [0.1, 0.15) is 31.2 Å². The second kappa shape index (κ2) is 13.1. The van der Waals surface area contributed by atoms with E-state index in [-0.39, 0.29) is 36.6 Å². The average molecular weight is 565 g/mol. The Morgan fingerprint density at radius 2 is 1.59 bits per heavy atom. The summed E-state index contributed by atoms with van der Waals surface area (Å²) < 4.78 is 67.5. The van der Waals surface area contributed by atoms with Crippen molar-refractivity contribution in [2.24, 2.45) is 0 Å². The van der Waals surface area contributed by atoms with Gasteiger partial charge in [-0.25, -0.2) is 13.9 Å². The Morgan fingerprint density at radius 1 is 1.05 bits per heavy atom.